The molecular weight excluding hydrogens is 218 g/mol. The Labute approximate surface area is 99.7 Å². The van der Waals surface area contributed by atoms with Crippen LogP contribution in [-0.4, -0.2) is 17.0 Å². The zero-order valence-corrected chi connectivity index (χ0v) is 9.43. The van der Waals surface area contributed by atoms with Gasteiger partial charge in [0.15, 0.2) is 0 Å². The van der Waals surface area contributed by atoms with Gasteiger partial charge in [0, 0.05) is 17.2 Å². The van der Waals surface area contributed by atoms with Crippen LogP contribution in [0.2, 0.25) is 0 Å². The van der Waals surface area contributed by atoms with Gasteiger partial charge in [-0.1, -0.05) is 18.9 Å². The number of terminal acetylenes is 1. The Hall–Kier alpha value is -2.28. The first kappa shape index (κ1) is 12.8. The van der Waals surface area contributed by atoms with Gasteiger partial charge in [-0.2, -0.15) is 0 Å². The molecule has 0 heterocycles. The lowest BCUT2D eigenvalue weighted by molar-refractivity contribution is -0.139. The van der Waals surface area contributed by atoms with E-state index in [1.807, 2.05) is 0 Å². The van der Waals surface area contributed by atoms with Crippen LogP contribution in [0.1, 0.15) is 18.9 Å². The van der Waals surface area contributed by atoms with E-state index in [2.05, 4.69) is 11.2 Å². The lowest BCUT2D eigenvalue weighted by Gasteiger charge is -2.10. The van der Waals surface area contributed by atoms with Crippen molar-refractivity contribution in [3.8, 4) is 12.3 Å². The Morgan fingerprint density at radius 2 is 2.24 bits per heavy atom. The summed E-state index contributed by atoms with van der Waals surface area (Å²) >= 11 is 0. The first-order valence-corrected chi connectivity index (χ1v) is 5.12. The quantitative estimate of drug-likeness (QED) is 0.775. The van der Waals surface area contributed by atoms with Gasteiger partial charge in [-0.3, -0.25) is 9.59 Å². The van der Waals surface area contributed by atoms with Crippen molar-refractivity contribution >= 4 is 17.6 Å². The molecule has 2 N–H and O–H groups in total. The number of hydrogen-bond donors (Lipinski definition) is 2. The molecule has 0 saturated carbocycles. The lowest BCUT2D eigenvalue weighted by atomic mass is 10.1. The van der Waals surface area contributed by atoms with E-state index in [1.54, 1.807) is 31.2 Å². The third kappa shape index (κ3) is 3.99. The molecule has 0 fully saturated rings. The van der Waals surface area contributed by atoms with Crippen LogP contribution in [0.15, 0.2) is 24.3 Å². The third-order valence-electron chi connectivity index (χ3n) is 2.23. The predicted molar refractivity (Wildman–Crippen MR) is 64.4 cm³/mol. The minimum absolute atomic E-state index is 0.194. The monoisotopic (exact) mass is 231 g/mol. The molecule has 1 aromatic carbocycles. The molecule has 0 spiro atoms. The van der Waals surface area contributed by atoms with Crippen molar-refractivity contribution in [3.63, 3.8) is 0 Å². The van der Waals surface area contributed by atoms with E-state index in [0.717, 1.165) is 0 Å². The first-order chi connectivity index (χ1) is 8.02. The van der Waals surface area contributed by atoms with Gasteiger partial charge in [0.1, 0.15) is 0 Å². The number of aliphatic carboxylic acids is 1. The second-order valence-corrected chi connectivity index (χ2v) is 3.71. The van der Waals surface area contributed by atoms with Crippen molar-refractivity contribution in [2.24, 2.45) is 5.92 Å². The maximum Gasteiger partial charge on any atom is 0.304 e. The summed E-state index contributed by atoms with van der Waals surface area (Å²) in [6.45, 7) is 1.56. The maximum absolute atomic E-state index is 11.6. The number of carboxylic acids is 1. The average Bonchev–Trinajstić information content (AvgIpc) is 2.28. The molecule has 17 heavy (non-hydrogen) atoms. The predicted octanol–water partition coefficient (Wildman–Crippen LogP) is 1.72. The van der Waals surface area contributed by atoms with E-state index >= 15 is 0 Å². The van der Waals surface area contributed by atoms with Crippen molar-refractivity contribution in [1.29, 1.82) is 0 Å². The van der Waals surface area contributed by atoms with Crippen LogP contribution in [0.25, 0.3) is 0 Å². The molecule has 4 heteroatoms. The van der Waals surface area contributed by atoms with Crippen molar-refractivity contribution in [2.45, 2.75) is 13.3 Å². The van der Waals surface area contributed by atoms with Crippen LogP contribution in [0.4, 0.5) is 5.69 Å². The van der Waals surface area contributed by atoms with E-state index in [0.29, 0.717) is 11.3 Å². The molecule has 0 aromatic heterocycles. The molecule has 1 unspecified atom stereocenters. The van der Waals surface area contributed by atoms with E-state index in [9.17, 15) is 9.59 Å². The number of hydrogen-bond acceptors (Lipinski definition) is 2. The molecule has 0 saturated heterocycles. The van der Waals surface area contributed by atoms with Gasteiger partial charge in [-0.25, -0.2) is 0 Å². The smallest absolute Gasteiger partial charge is 0.304 e. The summed E-state index contributed by atoms with van der Waals surface area (Å²) in [5.41, 5.74) is 1.23. The van der Waals surface area contributed by atoms with Crippen LogP contribution < -0.4 is 5.32 Å². The highest BCUT2D eigenvalue weighted by Gasteiger charge is 2.16. The summed E-state index contributed by atoms with van der Waals surface area (Å²) in [6, 6.07) is 6.83. The Morgan fingerprint density at radius 1 is 1.53 bits per heavy atom. The number of carboxylic acid groups (broad SMARTS) is 1. The molecule has 4 nitrogen and oxygen atoms in total. The molecule has 1 atom stereocenters. The van der Waals surface area contributed by atoms with Crippen LogP contribution in [0.5, 0.6) is 0 Å². The van der Waals surface area contributed by atoms with E-state index in [1.165, 1.54) is 0 Å². The Bertz CT molecular complexity index is 474. The topological polar surface area (TPSA) is 66.4 Å². The van der Waals surface area contributed by atoms with Gasteiger partial charge in [-0.15, -0.1) is 6.42 Å². The molecule has 0 aliphatic carbocycles. The Balaban J connectivity index is 2.68. The highest BCUT2D eigenvalue weighted by Crippen LogP contribution is 2.12. The Kier molecular flexibility index (Phi) is 4.29. The van der Waals surface area contributed by atoms with Gasteiger partial charge in [0.05, 0.1) is 6.42 Å². The number of rotatable bonds is 4. The number of benzene rings is 1. The molecule has 88 valence electrons. The van der Waals surface area contributed by atoms with Gasteiger partial charge in [-0.05, 0) is 18.2 Å². The molecule has 0 aliphatic heterocycles. The highest BCUT2D eigenvalue weighted by molar-refractivity contribution is 5.94. The standard InChI is InChI=1S/C13H13NO3/c1-3-10-5-4-6-11(8-10)14-13(17)9(2)7-12(15)16/h1,4-6,8-9H,7H2,2H3,(H,14,17)(H,15,16). The summed E-state index contributed by atoms with van der Waals surface area (Å²) in [4.78, 5) is 22.1. The van der Waals surface area contributed by atoms with E-state index < -0.39 is 11.9 Å². The van der Waals surface area contributed by atoms with Crippen molar-refractivity contribution in [1.82, 2.24) is 0 Å². The summed E-state index contributed by atoms with van der Waals surface area (Å²) < 4.78 is 0. The molecule has 0 radical (unpaired) electrons. The zero-order chi connectivity index (χ0) is 12.8. The fourth-order valence-corrected chi connectivity index (χ4v) is 1.31. The SMILES string of the molecule is C#Cc1cccc(NC(=O)C(C)CC(=O)O)c1. The van der Waals surface area contributed by atoms with Crippen LogP contribution >= 0.6 is 0 Å². The maximum atomic E-state index is 11.6. The Morgan fingerprint density at radius 3 is 2.82 bits per heavy atom. The zero-order valence-electron chi connectivity index (χ0n) is 9.43. The summed E-state index contributed by atoms with van der Waals surface area (Å²) in [5, 5.41) is 11.2. The number of amides is 1. The number of anilines is 1. The highest BCUT2D eigenvalue weighted by atomic mass is 16.4. The fraction of sp³-hybridized carbons (Fsp3) is 0.231. The third-order valence-corrected chi connectivity index (χ3v) is 2.23. The van der Waals surface area contributed by atoms with Crippen molar-refractivity contribution in [2.75, 3.05) is 5.32 Å². The van der Waals surface area contributed by atoms with Gasteiger partial charge >= 0.3 is 5.97 Å². The largest absolute Gasteiger partial charge is 0.481 e. The second kappa shape index (κ2) is 5.71. The summed E-state index contributed by atoms with van der Waals surface area (Å²) in [7, 11) is 0. The molecule has 0 aliphatic rings. The number of carbonyl (C=O) groups excluding carboxylic acids is 1. The van der Waals surface area contributed by atoms with Crippen molar-refractivity contribution in [3.05, 3.63) is 29.8 Å². The van der Waals surface area contributed by atoms with Gasteiger partial charge < -0.3 is 10.4 Å². The van der Waals surface area contributed by atoms with E-state index in [4.69, 9.17) is 11.5 Å². The summed E-state index contributed by atoms with van der Waals surface area (Å²) in [6.07, 6.45) is 5.04. The minimum atomic E-state index is -0.995. The molecule has 1 amide bonds. The molecule has 1 aromatic rings. The fourth-order valence-electron chi connectivity index (χ4n) is 1.31. The van der Waals surface area contributed by atoms with Crippen LogP contribution in [0, 0.1) is 18.3 Å². The van der Waals surface area contributed by atoms with Crippen molar-refractivity contribution < 1.29 is 14.7 Å². The minimum Gasteiger partial charge on any atom is -0.481 e. The molecular formula is C13H13NO3. The summed E-state index contributed by atoms with van der Waals surface area (Å²) in [5.74, 6) is 0.548. The van der Waals surface area contributed by atoms with Crippen LogP contribution in [-0.2, 0) is 9.59 Å². The van der Waals surface area contributed by atoms with Gasteiger partial charge in [0.25, 0.3) is 0 Å². The number of nitrogens with one attached hydrogen (secondary N) is 1. The number of carbonyl (C=O) groups is 2. The molecule has 1 rings (SSSR count). The molecule has 0 bridgehead atoms. The average molecular weight is 231 g/mol. The lowest BCUT2D eigenvalue weighted by Crippen LogP contribution is -2.22. The second-order valence-electron chi connectivity index (χ2n) is 3.71. The van der Waals surface area contributed by atoms with Crippen LogP contribution in [0.3, 0.4) is 0 Å². The first-order valence-electron chi connectivity index (χ1n) is 5.12. The van der Waals surface area contributed by atoms with Gasteiger partial charge in [0.2, 0.25) is 5.91 Å². The van der Waals surface area contributed by atoms with E-state index in [-0.39, 0.29) is 12.3 Å². The normalized spacial score (nSPS) is 11.3.